The van der Waals surface area contributed by atoms with Gasteiger partial charge < -0.3 is 14.8 Å². The Morgan fingerprint density at radius 1 is 1.10 bits per heavy atom. The first kappa shape index (κ1) is 20.3. The lowest BCUT2D eigenvalue weighted by atomic mass is 10.1. The molecule has 0 unspecified atom stereocenters. The van der Waals surface area contributed by atoms with E-state index in [2.05, 4.69) is 15.7 Å². The fourth-order valence-electron chi connectivity index (χ4n) is 3.49. The van der Waals surface area contributed by atoms with Crippen molar-refractivity contribution in [2.24, 2.45) is 10.3 Å². The molecule has 0 saturated carbocycles. The summed E-state index contributed by atoms with van der Waals surface area (Å²) >= 11 is 0. The topological polar surface area (TPSA) is 113 Å². The molecule has 0 spiro atoms. The summed E-state index contributed by atoms with van der Waals surface area (Å²) in [5.41, 5.74) is 0.555. The van der Waals surface area contributed by atoms with Crippen molar-refractivity contribution in [3.8, 4) is 11.5 Å². The number of carbonyl (C=O) groups is 3. The van der Waals surface area contributed by atoms with Crippen molar-refractivity contribution >= 4 is 29.1 Å². The molecule has 0 radical (unpaired) electrons. The fraction of sp³-hybridized carbons (Fsp3) is 0.250. The van der Waals surface area contributed by atoms with Crippen LogP contribution in [0.2, 0.25) is 0 Å². The summed E-state index contributed by atoms with van der Waals surface area (Å²) in [7, 11) is 2.92. The maximum Gasteiger partial charge on any atom is 0.263 e. The lowest BCUT2D eigenvalue weighted by molar-refractivity contribution is -0.123. The molecule has 2 atom stereocenters. The van der Waals surface area contributed by atoms with Crippen LogP contribution >= 0.6 is 0 Å². The van der Waals surface area contributed by atoms with Crippen LogP contribution in [0.25, 0.3) is 0 Å². The molecular weight excluding hydrogens is 409 g/mol. The number of amides is 3. The SMILES string of the molecule is COc1ccc(N2C(=O)[C@H]3N=NN(CC(=O)Nc4cccc(F)c4)[C@H]3C2=O)cc1OC. The van der Waals surface area contributed by atoms with Gasteiger partial charge in [0.1, 0.15) is 12.4 Å². The average molecular weight is 427 g/mol. The summed E-state index contributed by atoms with van der Waals surface area (Å²) in [6, 6.07) is 7.94. The number of halogens is 1. The van der Waals surface area contributed by atoms with Gasteiger partial charge in [-0.1, -0.05) is 11.3 Å². The van der Waals surface area contributed by atoms with E-state index in [1.54, 1.807) is 12.1 Å². The summed E-state index contributed by atoms with van der Waals surface area (Å²) in [6.07, 6.45) is 0. The van der Waals surface area contributed by atoms with Gasteiger partial charge in [0.15, 0.2) is 23.6 Å². The van der Waals surface area contributed by atoms with E-state index in [0.717, 1.165) is 16.0 Å². The molecule has 3 amide bonds. The van der Waals surface area contributed by atoms with Crippen LogP contribution in [0.1, 0.15) is 0 Å². The number of imide groups is 1. The minimum absolute atomic E-state index is 0.262. The molecule has 0 aliphatic carbocycles. The Kier molecular flexibility index (Phi) is 5.24. The Labute approximate surface area is 176 Å². The van der Waals surface area contributed by atoms with Crippen LogP contribution in [-0.2, 0) is 14.4 Å². The molecule has 11 heteroatoms. The van der Waals surface area contributed by atoms with E-state index < -0.39 is 35.6 Å². The molecule has 2 aliphatic heterocycles. The first-order valence-corrected chi connectivity index (χ1v) is 9.25. The molecule has 10 nitrogen and oxygen atoms in total. The molecule has 2 aliphatic rings. The number of fused-ring (bicyclic) bond motifs is 1. The highest BCUT2D eigenvalue weighted by Crippen LogP contribution is 2.36. The first-order chi connectivity index (χ1) is 14.9. The average Bonchev–Trinajstić information content (AvgIpc) is 3.27. The number of hydrogen-bond acceptors (Lipinski definition) is 8. The van der Waals surface area contributed by atoms with Crippen molar-refractivity contribution in [2.45, 2.75) is 12.1 Å². The number of hydrogen-bond donors (Lipinski definition) is 1. The summed E-state index contributed by atoms with van der Waals surface area (Å²) in [5.74, 6) is -1.35. The number of ether oxygens (including phenoxy) is 2. The lowest BCUT2D eigenvalue weighted by Gasteiger charge is -2.20. The van der Waals surface area contributed by atoms with Gasteiger partial charge in [-0.2, -0.15) is 5.11 Å². The number of anilines is 2. The molecule has 1 saturated heterocycles. The van der Waals surface area contributed by atoms with Crippen molar-refractivity contribution in [1.29, 1.82) is 0 Å². The van der Waals surface area contributed by atoms with Gasteiger partial charge in [0.25, 0.3) is 11.8 Å². The molecule has 1 fully saturated rings. The van der Waals surface area contributed by atoms with Crippen molar-refractivity contribution in [2.75, 3.05) is 31.0 Å². The maximum absolute atomic E-state index is 13.3. The van der Waals surface area contributed by atoms with Gasteiger partial charge >= 0.3 is 0 Å². The summed E-state index contributed by atoms with van der Waals surface area (Å²) in [4.78, 5) is 39.2. The second-order valence-electron chi connectivity index (χ2n) is 6.80. The monoisotopic (exact) mass is 427 g/mol. The minimum atomic E-state index is -1.05. The smallest absolute Gasteiger partial charge is 0.263 e. The van der Waals surface area contributed by atoms with Gasteiger partial charge in [0.2, 0.25) is 5.91 Å². The van der Waals surface area contributed by atoms with E-state index in [9.17, 15) is 18.8 Å². The number of rotatable bonds is 6. The van der Waals surface area contributed by atoms with E-state index in [1.807, 2.05) is 0 Å². The predicted octanol–water partition coefficient (Wildman–Crippen LogP) is 1.77. The van der Waals surface area contributed by atoms with Crippen LogP contribution in [0.15, 0.2) is 52.8 Å². The Balaban J connectivity index is 1.51. The van der Waals surface area contributed by atoms with E-state index in [4.69, 9.17) is 9.47 Å². The normalized spacial score (nSPS) is 19.6. The van der Waals surface area contributed by atoms with E-state index in [0.29, 0.717) is 17.2 Å². The summed E-state index contributed by atoms with van der Waals surface area (Å²) < 4.78 is 23.7. The van der Waals surface area contributed by atoms with Crippen LogP contribution in [0.3, 0.4) is 0 Å². The molecule has 2 aromatic carbocycles. The molecule has 31 heavy (non-hydrogen) atoms. The molecule has 2 aromatic rings. The third-order valence-electron chi connectivity index (χ3n) is 4.90. The van der Waals surface area contributed by atoms with E-state index in [-0.39, 0.29) is 12.2 Å². The van der Waals surface area contributed by atoms with Crippen LogP contribution in [0.4, 0.5) is 15.8 Å². The highest BCUT2D eigenvalue weighted by molar-refractivity contribution is 6.25. The zero-order valence-corrected chi connectivity index (χ0v) is 16.6. The molecule has 160 valence electrons. The Hall–Kier alpha value is -4.02. The van der Waals surface area contributed by atoms with Gasteiger partial charge in [-0.25, -0.2) is 9.29 Å². The third-order valence-corrected chi connectivity index (χ3v) is 4.90. The molecule has 1 N–H and O–H groups in total. The summed E-state index contributed by atoms with van der Waals surface area (Å²) in [6.45, 7) is -0.333. The Morgan fingerprint density at radius 2 is 1.87 bits per heavy atom. The van der Waals surface area contributed by atoms with Crippen LogP contribution in [0.5, 0.6) is 11.5 Å². The fourth-order valence-corrected chi connectivity index (χ4v) is 3.49. The standard InChI is InChI=1S/C20H18FN5O5/c1-30-14-7-6-13(9-15(14)31-2)26-19(28)17-18(20(26)29)25(24-23-17)10-16(27)22-12-5-3-4-11(21)8-12/h3-9,17-18H,10H2,1-2H3,(H,22,27)/t17-,18+/m0/s1. The minimum Gasteiger partial charge on any atom is -0.493 e. The Morgan fingerprint density at radius 3 is 2.58 bits per heavy atom. The van der Waals surface area contributed by atoms with Gasteiger partial charge in [0.05, 0.1) is 19.9 Å². The van der Waals surface area contributed by atoms with Crippen molar-refractivity contribution in [1.82, 2.24) is 5.01 Å². The molecule has 0 bridgehead atoms. The number of carbonyl (C=O) groups excluding carboxylic acids is 3. The van der Waals surface area contributed by atoms with Crippen LogP contribution in [0, 0.1) is 5.82 Å². The predicted molar refractivity (Wildman–Crippen MR) is 106 cm³/mol. The van der Waals surface area contributed by atoms with Crippen LogP contribution < -0.4 is 19.7 Å². The van der Waals surface area contributed by atoms with Crippen molar-refractivity contribution in [3.05, 3.63) is 48.3 Å². The molecular formula is C20H18FN5O5. The van der Waals surface area contributed by atoms with Crippen molar-refractivity contribution in [3.63, 3.8) is 0 Å². The first-order valence-electron chi connectivity index (χ1n) is 9.25. The van der Waals surface area contributed by atoms with E-state index in [1.165, 1.54) is 38.5 Å². The third kappa shape index (κ3) is 3.65. The number of nitrogens with one attached hydrogen (secondary N) is 1. The molecule has 4 rings (SSSR count). The van der Waals surface area contributed by atoms with Gasteiger partial charge in [-0.3, -0.25) is 19.4 Å². The largest absolute Gasteiger partial charge is 0.493 e. The van der Waals surface area contributed by atoms with Gasteiger partial charge in [-0.05, 0) is 30.3 Å². The van der Waals surface area contributed by atoms with E-state index >= 15 is 0 Å². The highest BCUT2D eigenvalue weighted by Gasteiger charge is 2.55. The second-order valence-corrected chi connectivity index (χ2v) is 6.80. The second kappa shape index (κ2) is 8.01. The quantitative estimate of drug-likeness (QED) is 0.703. The zero-order chi connectivity index (χ0) is 22.1. The van der Waals surface area contributed by atoms with Gasteiger partial charge in [0, 0.05) is 11.8 Å². The van der Waals surface area contributed by atoms with Crippen molar-refractivity contribution < 1.29 is 28.2 Å². The number of benzene rings is 2. The molecule has 2 heterocycles. The number of methoxy groups -OCH3 is 2. The number of nitrogens with zero attached hydrogens (tertiary/aromatic N) is 4. The lowest BCUT2D eigenvalue weighted by Crippen LogP contribution is -2.43. The van der Waals surface area contributed by atoms with Gasteiger partial charge in [-0.15, -0.1) is 0 Å². The maximum atomic E-state index is 13.3. The Bertz CT molecular complexity index is 1090. The summed E-state index contributed by atoms with van der Waals surface area (Å²) in [5, 5.41) is 11.4. The highest BCUT2D eigenvalue weighted by atomic mass is 19.1. The molecule has 0 aromatic heterocycles. The van der Waals surface area contributed by atoms with Crippen LogP contribution in [-0.4, -0.2) is 55.6 Å². The zero-order valence-electron chi connectivity index (χ0n) is 16.6.